The smallest absolute Gasteiger partial charge is 0.259 e. The number of ether oxygens (including phenoxy) is 1. The molecule has 154 valence electrons. The van der Waals surface area contributed by atoms with Gasteiger partial charge in [-0.05, 0) is 44.2 Å². The van der Waals surface area contributed by atoms with Crippen LogP contribution in [0.3, 0.4) is 0 Å². The molecule has 30 heavy (non-hydrogen) atoms. The molecule has 2 aromatic carbocycles. The Kier molecular flexibility index (Phi) is 4.95. The highest BCUT2D eigenvalue weighted by Gasteiger charge is 2.40. The van der Waals surface area contributed by atoms with Gasteiger partial charge < -0.3 is 15.4 Å². The average Bonchev–Trinajstić information content (AvgIpc) is 2.71. The van der Waals surface area contributed by atoms with Gasteiger partial charge in [-0.15, -0.1) is 0 Å². The van der Waals surface area contributed by atoms with Gasteiger partial charge in [0.05, 0.1) is 10.6 Å². The van der Waals surface area contributed by atoms with Crippen LogP contribution in [0.1, 0.15) is 24.2 Å². The molecule has 0 atom stereocenters. The quantitative estimate of drug-likeness (QED) is 0.631. The molecule has 4 rings (SSSR count). The minimum atomic E-state index is -0.997. The normalized spacial score (nSPS) is 14.1. The van der Waals surface area contributed by atoms with Crippen LogP contribution in [0.4, 0.5) is 27.5 Å². The molecule has 1 aliphatic heterocycles. The predicted octanol–water partition coefficient (Wildman–Crippen LogP) is 4.64. The summed E-state index contributed by atoms with van der Waals surface area (Å²) in [4.78, 5) is 22.2. The summed E-state index contributed by atoms with van der Waals surface area (Å²) in [7, 11) is 1.53. The van der Waals surface area contributed by atoms with Crippen LogP contribution in [0.15, 0.2) is 48.5 Å². The van der Waals surface area contributed by atoms with E-state index in [1.165, 1.54) is 7.05 Å². The Hall–Kier alpha value is -3.39. The molecule has 0 fully saturated rings. The van der Waals surface area contributed by atoms with E-state index in [0.29, 0.717) is 16.9 Å². The van der Waals surface area contributed by atoms with Crippen molar-refractivity contribution in [3.8, 4) is 5.88 Å². The molecule has 1 aliphatic rings. The van der Waals surface area contributed by atoms with Crippen molar-refractivity contribution in [3.63, 3.8) is 0 Å². The van der Waals surface area contributed by atoms with Crippen LogP contribution < -0.4 is 20.3 Å². The van der Waals surface area contributed by atoms with Crippen LogP contribution in [0.5, 0.6) is 5.88 Å². The number of anilines is 4. The number of halogens is 2. The van der Waals surface area contributed by atoms with Crippen molar-refractivity contribution in [2.45, 2.75) is 19.6 Å². The van der Waals surface area contributed by atoms with Crippen LogP contribution in [0.2, 0.25) is 5.02 Å². The Balaban J connectivity index is 1.77. The van der Waals surface area contributed by atoms with Gasteiger partial charge in [0.25, 0.3) is 11.8 Å². The summed E-state index contributed by atoms with van der Waals surface area (Å²) >= 11 is 6.32. The minimum Gasteiger partial charge on any atom is -0.449 e. The summed E-state index contributed by atoms with van der Waals surface area (Å²) in [5.74, 6) is -0.883. The third-order valence-electron chi connectivity index (χ3n) is 4.61. The molecular weight excluding hydrogens is 409 g/mol. The summed E-state index contributed by atoms with van der Waals surface area (Å²) in [6.07, 6.45) is 0. The highest BCUT2D eigenvalue weighted by molar-refractivity contribution is 6.34. The molecule has 7 nitrogen and oxygen atoms in total. The standard InChI is InChI=1S/C21H19ClFN5O2/c1-21(2)28(13-9-10-14(15(22)11-13)18(29)24-3)20-26-17(16(23)19(27-20)30-21)25-12-7-5-4-6-8-12/h4-11H,1-3H3,(H,24,29)(H,25,26,27). The van der Waals surface area contributed by atoms with E-state index in [9.17, 15) is 9.18 Å². The number of hydrogen-bond donors (Lipinski definition) is 2. The predicted molar refractivity (Wildman–Crippen MR) is 113 cm³/mol. The number of hydrogen-bond acceptors (Lipinski definition) is 6. The van der Waals surface area contributed by atoms with Crippen molar-refractivity contribution >= 4 is 40.6 Å². The van der Waals surface area contributed by atoms with E-state index in [0.717, 1.165) is 0 Å². The Morgan fingerprint density at radius 3 is 2.57 bits per heavy atom. The third-order valence-corrected chi connectivity index (χ3v) is 4.93. The number of carbonyl (C=O) groups excluding carboxylic acids is 1. The molecule has 1 amide bonds. The Labute approximate surface area is 177 Å². The second kappa shape index (κ2) is 7.46. The first-order valence-corrected chi connectivity index (χ1v) is 9.58. The number of amides is 1. The van der Waals surface area contributed by atoms with Gasteiger partial charge in [-0.1, -0.05) is 29.8 Å². The largest absolute Gasteiger partial charge is 0.449 e. The highest BCUT2D eigenvalue weighted by Crippen LogP contribution is 2.41. The molecule has 3 aromatic rings. The zero-order chi connectivity index (χ0) is 21.5. The van der Waals surface area contributed by atoms with Crippen molar-refractivity contribution in [3.05, 3.63) is 64.9 Å². The number of nitrogens with zero attached hydrogens (tertiary/aromatic N) is 3. The first-order chi connectivity index (χ1) is 14.3. The molecule has 0 aliphatic carbocycles. The number of aromatic nitrogens is 2. The maximum Gasteiger partial charge on any atom is 0.259 e. The van der Waals surface area contributed by atoms with Crippen molar-refractivity contribution in [1.82, 2.24) is 15.3 Å². The van der Waals surface area contributed by atoms with Gasteiger partial charge >= 0.3 is 0 Å². The van der Waals surface area contributed by atoms with Crippen molar-refractivity contribution in [2.24, 2.45) is 0 Å². The number of fused-ring (bicyclic) bond motifs is 2. The third kappa shape index (κ3) is 3.50. The van der Waals surface area contributed by atoms with Crippen LogP contribution in [-0.2, 0) is 0 Å². The summed E-state index contributed by atoms with van der Waals surface area (Å²) in [5, 5.41) is 5.76. The molecular formula is C21H19ClFN5O2. The summed E-state index contributed by atoms with van der Waals surface area (Å²) < 4.78 is 20.7. The lowest BCUT2D eigenvalue weighted by Crippen LogP contribution is -2.49. The molecule has 2 bridgehead atoms. The van der Waals surface area contributed by atoms with E-state index in [2.05, 4.69) is 20.6 Å². The first kappa shape index (κ1) is 19.9. The molecule has 9 heteroatoms. The van der Waals surface area contributed by atoms with Gasteiger partial charge in [0.2, 0.25) is 11.8 Å². The van der Waals surface area contributed by atoms with Gasteiger partial charge in [-0.2, -0.15) is 14.4 Å². The van der Waals surface area contributed by atoms with Crippen molar-refractivity contribution in [2.75, 3.05) is 17.3 Å². The van der Waals surface area contributed by atoms with E-state index in [1.807, 2.05) is 18.2 Å². The van der Waals surface area contributed by atoms with Gasteiger partial charge in [0.15, 0.2) is 11.5 Å². The molecule has 1 aromatic heterocycles. The lowest BCUT2D eigenvalue weighted by molar-refractivity contribution is 0.0908. The number of para-hydroxylation sites is 1. The van der Waals surface area contributed by atoms with E-state index in [-0.39, 0.29) is 28.6 Å². The molecule has 2 heterocycles. The Bertz CT molecular complexity index is 1120. The van der Waals surface area contributed by atoms with Crippen LogP contribution in [-0.4, -0.2) is 28.6 Å². The van der Waals surface area contributed by atoms with E-state index in [1.54, 1.807) is 49.1 Å². The molecule has 0 spiro atoms. The summed E-state index contributed by atoms with van der Waals surface area (Å²) in [6.45, 7) is 3.53. The first-order valence-electron chi connectivity index (χ1n) is 9.20. The van der Waals surface area contributed by atoms with E-state index < -0.39 is 11.5 Å². The second-order valence-corrected chi connectivity index (χ2v) is 7.52. The van der Waals surface area contributed by atoms with Gasteiger partial charge in [-0.25, -0.2) is 0 Å². The van der Waals surface area contributed by atoms with Crippen molar-refractivity contribution < 1.29 is 13.9 Å². The second-order valence-electron chi connectivity index (χ2n) is 7.11. The number of carbonyl (C=O) groups is 1. The number of benzene rings is 2. The molecule has 2 N–H and O–H groups in total. The lowest BCUT2D eigenvalue weighted by atomic mass is 10.1. The Morgan fingerprint density at radius 1 is 1.17 bits per heavy atom. The fraction of sp³-hybridized carbons (Fsp3) is 0.190. The van der Waals surface area contributed by atoms with Crippen LogP contribution >= 0.6 is 11.6 Å². The summed E-state index contributed by atoms with van der Waals surface area (Å²) in [6, 6.07) is 14.1. The molecule has 0 unspecified atom stereocenters. The maximum absolute atomic E-state index is 14.9. The maximum atomic E-state index is 14.9. The van der Waals surface area contributed by atoms with Gasteiger partial charge in [0, 0.05) is 18.4 Å². The fourth-order valence-electron chi connectivity index (χ4n) is 3.24. The molecule has 0 radical (unpaired) electrons. The minimum absolute atomic E-state index is 0.00484. The summed E-state index contributed by atoms with van der Waals surface area (Å²) in [5.41, 5.74) is 0.617. The van der Waals surface area contributed by atoms with Gasteiger partial charge in [-0.3, -0.25) is 9.69 Å². The van der Waals surface area contributed by atoms with Crippen LogP contribution in [0.25, 0.3) is 0 Å². The zero-order valence-electron chi connectivity index (χ0n) is 16.5. The lowest BCUT2D eigenvalue weighted by Gasteiger charge is -2.41. The monoisotopic (exact) mass is 427 g/mol. The number of nitrogens with one attached hydrogen (secondary N) is 2. The van der Waals surface area contributed by atoms with Crippen LogP contribution in [0, 0.1) is 5.82 Å². The SMILES string of the molecule is CNC(=O)c1ccc(N2c3nc(Nc4ccccc4)c(F)c(n3)OC2(C)C)cc1Cl. The van der Waals surface area contributed by atoms with Gasteiger partial charge in [0.1, 0.15) is 0 Å². The van der Waals surface area contributed by atoms with E-state index >= 15 is 0 Å². The van der Waals surface area contributed by atoms with E-state index in [4.69, 9.17) is 16.3 Å². The topological polar surface area (TPSA) is 79.4 Å². The molecule has 0 saturated carbocycles. The average molecular weight is 428 g/mol. The highest BCUT2D eigenvalue weighted by atomic mass is 35.5. The van der Waals surface area contributed by atoms with Crippen molar-refractivity contribution in [1.29, 1.82) is 0 Å². The zero-order valence-corrected chi connectivity index (χ0v) is 17.3. The molecule has 0 saturated heterocycles. The fourth-order valence-corrected chi connectivity index (χ4v) is 3.50. The number of rotatable bonds is 4. The Morgan fingerprint density at radius 2 is 1.90 bits per heavy atom.